The predicted octanol–water partition coefficient (Wildman–Crippen LogP) is 2.00. The summed E-state index contributed by atoms with van der Waals surface area (Å²) in [7, 11) is 1.67. The molecule has 1 aliphatic rings. The highest BCUT2D eigenvalue weighted by Gasteiger charge is 2.32. The lowest BCUT2D eigenvalue weighted by Gasteiger charge is -2.11. The van der Waals surface area contributed by atoms with Gasteiger partial charge in [0.05, 0.1) is 10.4 Å². The van der Waals surface area contributed by atoms with Gasteiger partial charge >= 0.3 is 0 Å². The zero-order chi connectivity index (χ0) is 13.3. The van der Waals surface area contributed by atoms with E-state index in [1.807, 2.05) is 0 Å². The van der Waals surface area contributed by atoms with Crippen molar-refractivity contribution in [1.29, 1.82) is 0 Å². The number of nitrogens with one attached hydrogen (secondary N) is 1. The van der Waals surface area contributed by atoms with Crippen molar-refractivity contribution >= 4 is 33.4 Å². The molecule has 2 amide bonds. The van der Waals surface area contributed by atoms with Crippen LogP contribution in [0.15, 0.2) is 22.7 Å². The molecule has 96 valence electrons. The SMILES string of the molecule is CN1CC(C(=O)Nc2ccc(F)c(Br)c2)CC1=O. The summed E-state index contributed by atoms with van der Waals surface area (Å²) in [5.41, 5.74) is 0.510. The van der Waals surface area contributed by atoms with Crippen molar-refractivity contribution in [2.75, 3.05) is 18.9 Å². The van der Waals surface area contributed by atoms with E-state index in [9.17, 15) is 14.0 Å². The molecule has 4 nitrogen and oxygen atoms in total. The normalized spacial score (nSPS) is 19.2. The molecular formula is C12H12BrFN2O2. The number of rotatable bonds is 2. The van der Waals surface area contributed by atoms with Crippen LogP contribution in [0, 0.1) is 11.7 Å². The van der Waals surface area contributed by atoms with Crippen LogP contribution in [-0.4, -0.2) is 30.3 Å². The third-order valence-corrected chi connectivity index (χ3v) is 3.51. The number of amides is 2. The fraction of sp³-hybridized carbons (Fsp3) is 0.333. The summed E-state index contributed by atoms with van der Waals surface area (Å²) in [6.07, 6.45) is 0.227. The first kappa shape index (κ1) is 13.0. The number of carbonyl (C=O) groups excluding carboxylic acids is 2. The number of likely N-dealkylation sites (tertiary alicyclic amines) is 1. The molecule has 2 rings (SSSR count). The monoisotopic (exact) mass is 314 g/mol. The summed E-state index contributed by atoms with van der Waals surface area (Å²) in [6, 6.07) is 4.25. The van der Waals surface area contributed by atoms with Gasteiger partial charge in [-0.2, -0.15) is 0 Å². The number of anilines is 1. The maximum Gasteiger partial charge on any atom is 0.229 e. The lowest BCUT2D eigenvalue weighted by Crippen LogP contribution is -2.25. The smallest absolute Gasteiger partial charge is 0.229 e. The topological polar surface area (TPSA) is 49.4 Å². The van der Waals surface area contributed by atoms with Crippen LogP contribution in [0.3, 0.4) is 0 Å². The predicted molar refractivity (Wildman–Crippen MR) is 68.5 cm³/mol. The molecular weight excluding hydrogens is 303 g/mol. The van der Waals surface area contributed by atoms with Gasteiger partial charge in [0, 0.05) is 25.7 Å². The van der Waals surface area contributed by atoms with Crippen molar-refractivity contribution in [2.24, 2.45) is 5.92 Å². The maximum atomic E-state index is 13.0. The van der Waals surface area contributed by atoms with E-state index in [4.69, 9.17) is 0 Å². The fourth-order valence-corrected chi connectivity index (χ4v) is 2.24. The Morgan fingerprint density at radius 2 is 2.28 bits per heavy atom. The van der Waals surface area contributed by atoms with Crippen LogP contribution in [0.2, 0.25) is 0 Å². The van der Waals surface area contributed by atoms with Crippen molar-refractivity contribution in [3.8, 4) is 0 Å². The zero-order valence-electron chi connectivity index (χ0n) is 9.74. The Morgan fingerprint density at radius 1 is 1.56 bits per heavy atom. The minimum absolute atomic E-state index is 0.0320. The number of halogens is 2. The molecule has 1 heterocycles. The van der Waals surface area contributed by atoms with E-state index in [1.165, 1.54) is 23.1 Å². The van der Waals surface area contributed by atoms with Crippen molar-refractivity contribution in [3.05, 3.63) is 28.5 Å². The third-order valence-electron chi connectivity index (χ3n) is 2.90. The van der Waals surface area contributed by atoms with E-state index < -0.39 is 0 Å². The quantitative estimate of drug-likeness (QED) is 0.907. The Balaban J connectivity index is 2.03. The Morgan fingerprint density at radius 3 is 2.83 bits per heavy atom. The molecule has 18 heavy (non-hydrogen) atoms. The average Bonchev–Trinajstić information content (AvgIpc) is 2.65. The van der Waals surface area contributed by atoms with E-state index >= 15 is 0 Å². The number of hydrogen-bond donors (Lipinski definition) is 1. The minimum Gasteiger partial charge on any atom is -0.345 e. The summed E-state index contributed by atoms with van der Waals surface area (Å²) in [4.78, 5) is 24.8. The second-order valence-electron chi connectivity index (χ2n) is 4.29. The van der Waals surface area contributed by atoms with Gasteiger partial charge in [0.15, 0.2) is 0 Å². The van der Waals surface area contributed by atoms with Crippen molar-refractivity contribution < 1.29 is 14.0 Å². The number of hydrogen-bond acceptors (Lipinski definition) is 2. The van der Waals surface area contributed by atoms with E-state index in [-0.39, 0.29) is 30.0 Å². The molecule has 0 bridgehead atoms. The molecule has 0 aromatic heterocycles. The molecule has 1 fully saturated rings. The molecule has 1 N–H and O–H groups in total. The van der Waals surface area contributed by atoms with Gasteiger partial charge < -0.3 is 10.2 Å². The lowest BCUT2D eigenvalue weighted by atomic mass is 10.1. The van der Waals surface area contributed by atoms with Crippen molar-refractivity contribution in [3.63, 3.8) is 0 Å². The van der Waals surface area contributed by atoms with Crippen LogP contribution in [0.4, 0.5) is 10.1 Å². The second kappa shape index (κ2) is 5.06. The summed E-state index contributed by atoms with van der Waals surface area (Å²) in [5.74, 6) is -0.975. The van der Waals surface area contributed by atoms with E-state index in [0.29, 0.717) is 16.7 Å². The van der Waals surface area contributed by atoms with Crippen molar-refractivity contribution in [2.45, 2.75) is 6.42 Å². The molecule has 0 spiro atoms. The maximum absolute atomic E-state index is 13.0. The first-order valence-electron chi connectivity index (χ1n) is 5.47. The molecule has 1 atom stereocenters. The summed E-state index contributed by atoms with van der Waals surface area (Å²) in [5, 5.41) is 2.68. The van der Waals surface area contributed by atoms with Crippen LogP contribution in [0.25, 0.3) is 0 Å². The van der Waals surface area contributed by atoms with Gasteiger partial charge in [-0.25, -0.2) is 4.39 Å². The van der Waals surface area contributed by atoms with Crippen LogP contribution in [0.1, 0.15) is 6.42 Å². The van der Waals surface area contributed by atoms with Gasteiger partial charge in [0.25, 0.3) is 0 Å². The Hall–Kier alpha value is -1.43. The number of nitrogens with zero attached hydrogens (tertiary/aromatic N) is 1. The second-order valence-corrected chi connectivity index (χ2v) is 5.15. The van der Waals surface area contributed by atoms with Crippen LogP contribution in [-0.2, 0) is 9.59 Å². The molecule has 1 aliphatic heterocycles. The first-order valence-corrected chi connectivity index (χ1v) is 6.26. The van der Waals surface area contributed by atoms with Gasteiger partial charge in [-0.15, -0.1) is 0 Å². The van der Waals surface area contributed by atoms with Crippen molar-refractivity contribution in [1.82, 2.24) is 4.90 Å². The van der Waals surface area contributed by atoms with E-state index in [2.05, 4.69) is 21.2 Å². The Bertz CT molecular complexity index is 507. The number of benzene rings is 1. The van der Waals surface area contributed by atoms with Crippen LogP contribution in [0.5, 0.6) is 0 Å². The molecule has 1 saturated heterocycles. The summed E-state index contributed by atoms with van der Waals surface area (Å²) in [6.45, 7) is 0.424. The minimum atomic E-state index is -0.385. The molecule has 6 heteroatoms. The van der Waals surface area contributed by atoms with Gasteiger partial charge in [-0.3, -0.25) is 9.59 Å². The largest absolute Gasteiger partial charge is 0.345 e. The Kier molecular flexibility index (Phi) is 3.65. The zero-order valence-corrected chi connectivity index (χ0v) is 11.3. The van der Waals surface area contributed by atoms with Crippen LogP contribution >= 0.6 is 15.9 Å². The van der Waals surface area contributed by atoms with E-state index in [1.54, 1.807) is 7.05 Å². The molecule has 0 radical (unpaired) electrons. The van der Waals surface area contributed by atoms with Gasteiger partial charge in [-0.1, -0.05) is 0 Å². The standard InChI is InChI=1S/C12H12BrFN2O2/c1-16-6-7(4-11(16)17)12(18)15-8-2-3-10(14)9(13)5-8/h2-3,5,7H,4,6H2,1H3,(H,15,18). The highest BCUT2D eigenvalue weighted by molar-refractivity contribution is 9.10. The molecule has 1 aromatic rings. The van der Waals surface area contributed by atoms with Gasteiger partial charge in [-0.05, 0) is 34.1 Å². The highest BCUT2D eigenvalue weighted by Crippen LogP contribution is 2.22. The Labute approximate surface area is 112 Å². The molecule has 0 aliphatic carbocycles. The third kappa shape index (κ3) is 2.69. The van der Waals surface area contributed by atoms with Gasteiger partial charge in [0.1, 0.15) is 5.82 Å². The summed E-state index contributed by atoms with van der Waals surface area (Å²) < 4.78 is 13.3. The fourth-order valence-electron chi connectivity index (χ4n) is 1.86. The van der Waals surface area contributed by atoms with Crippen LogP contribution < -0.4 is 5.32 Å². The molecule has 1 unspecified atom stereocenters. The highest BCUT2D eigenvalue weighted by atomic mass is 79.9. The van der Waals surface area contributed by atoms with Gasteiger partial charge in [0.2, 0.25) is 11.8 Å². The molecule has 0 saturated carbocycles. The lowest BCUT2D eigenvalue weighted by molar-refractivity contribution is -0.127. The first-order chi connectivity index (χ1) is 8.47. The van der Waals surface area contributed by atoms with E-state index in [0.717, 1.165) is 0 Å². The summed E-state index contributed by atoms with van der Waals surface area (Å²) >= 11 is 3.05. The number of carbonyl (C=O) groups is 2. The molecule has 1 aromatic carbocycles. The average molecular weight is 315 g/mol.